The van der Waals surface area contributed by atoms with Gasteiger partial charge in [0.1, 0.15) is 0 Å². The van der Waals surface area contributed by atoms with Gasteiger partial charge in [0, 0.05) is 37.3 Å². The van der Waals surface area contributed by atoms with Crippen LogP contribution in [0.4, 0.5) is 5.69 Å². The molecule has 0 radical (unpaired) electrons. The third-order valence-electron chi connectivity index (χ3n) is 5.38. The lowest BCUT2D eigenvalue weighted by atomic mass is 10.1. The van der Waals surface area contributed by atoms with E-state index in [1.807, 2.05) is 0 Å². The van der Waals surface area contributed by atoms with Gasteiger partial charge >= 0.3 is 0 Å². The van der Waals surface area contributed by atoms with Crippen LogP contribution in [0, 0.1) is 0 Å². The standard InChI is InChI=1S/C17H23N3O3S/c21-17-2-1-11-19(17)13-5-7-16(8-6-13)24(22,23)20-14-3-4-15(20)12-18-10-9-14/h5-8,14-15,18H,1-4,9-12H2. The van der Waals surface area contributed by atoms with Gasteiger partial charge in [-0.1, -0.05) is 0 Å². The van der Waals surface area contributed by atoms with E-state index in [4.69, 9.17) is 0 Å². The highest BCUT2D eigenvalue weighted by Gasteiger charge is 2.43. The number of carbonyl (C=O) groups is 1. The van der Waals surface area contributed by atoms with Crippen molar-refractivity contribution in [3.05, 3.63) is 24.3 Å². The summed E-state index contributed by atoms with van der Waals surface area (Å²) in [6.07, 6.45) is 4.19. The van der Waals surface area contributed by atoms with Crippen LogP contribution in [-0.4, -0.2) is 50.3 Å². The number of hydrogen-bond donors (Lipinski definition) is 1. The van der Waals surface area contributed by atoms with Crippen LogP contribution in [-0.2, 0) is 14.8 Å². The average Bonchev–Trinajstić information content (AvgIpc) is 3.10. The van der Waals surface area contributed by atoms with Gasteiger partial charge in [-0.15, -0.1) is 0 Å². The normalized spacial score (nSPS) is 28.3. The number of sulfonamides is 1. The van der Waals surface area contributed by atoms with E-state index in [0.717, 1.165) is 44.5 Å². The molecule has 1 amide bonds. The van der Waals surface area contributed by atoms with Gasteiger partial charge in [-0.3, -0.25) is 4.79 Å². The predicted molar refractivity (Wildman–Crippen MR) is 91.4 cm³/mol. The Kier molecular flexibility index (Phi) is 4.10. The first-order valence-corrected chi connectivity index (χ1v) is 10.2. The van der Waals surface area contributed by atoms with Crippen LogP contribution in [0.5, 0.6) is 0 Å². The summed E-state index contributed by atoms with van der Waals surface area (Å²) < 4.78 is 28.0. The summed E-state index contributed by atoms with van der Waals surface area (Å²) >= 11 is 0. The van der Waals surface area contributed by atoms with E-state index >= 15 is 0 Å². The van der Waals surface area contributed by atoms with Crippen molar-refractivity contribution in [1.29, 1.82) is 0 Å². The van der Waals surface area contributed by atoms with Crippen LogP contribution in [0.3, 0.4) is 0 Å². The number of amides is 1. The summed E-state index contributed by atoms with van der Waals surface area (Å²) in [5.41, 5.74) is 0.789. The van der Waals surface area contributed by atoms with Crippen LogP contribution in [0.2, 0.25) is 0 Å². The zero-order chi connectivity index (χ0) is 16.7. The second-order valence-electron chi connectivity index (χ2n) is 6.86. The number of benzene rings is 1. The minimum absolute atomic E-state index is 0.0577. The molecule has 0 aliphatic carbocycles. The van der Waals surface area contributed by atoms with Crippen molar-refractivity contribution in [2.75, 3.05) is 24.5 Å². The fraction of sp³-hybridized carbons (Fsp3) is 0.588. The van der Waals surface area contributed by atoms with Gasteiger partial charge in [0.15, 0.2) is 0 Å². The van der Waals surface area contributed by atoms with E-state index in [1.54, 1.807) is 33.5 Å². The zero-order valence-corrected chi connectivity index (χ0v) is 14.5. The Labute approximate surface area is 142 Å². The van der Waals surface area contributed by atoms with E-state index < -0.39 is 10.0 Å². The Balaban J connectivity index is 1.61. The van der Waals surface area contributed by atoms with E-state index in [9.17, 15) is 13.2 Å². The molecule has 4 rings (SSSR count). The van der Waals surface area contributed by atoms with Gasteiger partial charge in [-0.25, -0.2) is 8.42 Å². The maximum atomic E-state index is 13.1. The Hall–Kier alpha value is -1.44. The van der Waals surface area contributed by atoms with E-state index in [1.165, 1.54) is 0 Å². The molecule has 0 saturated carbocycles. The third kappa shape index (κ3) is 2.64. The van der Waals surface area contributed by atoms with Gasteiger partial charge < -0.3 is 10.2 Å². The topological polar surface area (TPSA) is 69.7 Å². The summed E-state index contributed by atoms with van der Waals surface area (Å²) in [5, 5.41) is 3.33. The molecular weight excluding hydrogens is 326 g/mol. The maximum Gasteiger partial charge on any atom is 0.243 e. The SMILES string of the molecule is O=C1CCCN1c1ccc(S(=O)(=O)N2C3CCNCC2CC3)cc1. The second-order valence-corrected chi connectivity index (χ2v) is 8.70. The predicted octanol–water partition coefficient (Wildman–Crippen LogP) is 1.33. The maximum absolute atomic E-state index is 13.1. The number of nitrogens with zero attached hydrogens (tertiary/aromatic N) is 2. The van der Waals surface area contributed by atoms with E-state index in [0.29, 0.717) is 17.9 Å². The number of rotatable bonds is 3. The smallest absolute Gasteiger partial charge is 0.243 e. The largest absolute Gasteiger partial charge is 0.315 e. The molecule has 0 aromatic heterocycles. The summed E-state index contributed by atoms with van der Waals surface area (Å²) in [7, 11) is -3.49. The van der Waals surface area contributed by atoms with Gasteiger partial charge in [0.25, 0.3) is 0 Å². The van der Waals surface area contributed by atoms with Crippen molar-refractivity contribution in [1.82, 2.24) is 9.62 Å². The molecule has 130 valence electrons. The molecule has 2 atom stereocenters. The molecule has 7 heteroatoms. The molecule has 1 aromatic carbocycles. The average molecular weight is 349 g/mol. The molecule has 1 aromatic rings. The molecule has 0 spiro atoms. The number of hydrogen-bond acceptors (Lipinski definition) is 4. The summed E-state index contributed by atoms with van der Waals surface area (Å²) in [4.78, 5) is 13.9. The van der Waals surface area contributed by atoms with Crippen LogP contribution < -0.4 is 10.2 Å². The number of carbonyl (C=O) groups excluding carboxylic acids is 1. The van der Waals surface area contributed by atoms with E-state index in [-0.39, 0.29) is 18.0 Å². The molecule has 6 nitrogen and oxygen atoms in total. The Bertz CT molecular complexity index is 718. The van der Waals surface area contributed by atoms with Gasteiger partial charge in [-0.05, 0) is 56.5 Å². The summed E-state index contributed by atoms with van der Waals surface area (Å²) in [6, 6.07) is 6.97. The molecule has 3 fully saturated rings. The van der Waals surface area contributed by atoms with Crippen molar-refractivity contribution in [2.45, 2.75) is 49.1 Å². The summed E-state index contributed by atoms with van der Waals surface area (Å²) in [5.74, 6) is 0.113. The lowest BCUT2D eigenvalue weighted by molar-refractivity contribution is -0.117. The van der Waals surface area contributed by atoms with Gasteiger partial charge in [-0.2, -0.15) is 4.31 Å². The van der Waals surface area contributed by atoms with Crippen LogP contribution in [0.25, 0.3) is 0 Å². The quantitative estimate of drug-likeness (QED) is 0.894. The lowest BCUT2D eigenvalue weighted by Crippen LogP contribution is -2.42. The molecule has 3 heterocycles. The number of anilines is 1. The van der Waals surface area contributed by atoms with Gasteiger partial charge in [0.2, 0.25) is 15.9 Å². The third-order valence-corrected chi connectivity index (χ3v) is 7.40. The highest BCUT2D eigenvalue weighted by molar-refractivity contribution is 7.89. The number of nitrogens with one attached hydrogen (secondary N) is 1. The van der Waals surface area contributed by atoms with Crippen LogP contribution >= 0.6 is 0 Å². The molecule has 2 unspecified atom stereocenters. The molecule has 1 N–H and O–H groups in total. The zero-order valence-electron chi connectivity index (χ0n) is 13.6. The highest BCUT2D eigenvalue weighted by atomic mass is 32.2. The highest BCUT2D eigenvalue weighted by Crippen LogP contribution is 2.34. The molecule has 3 aliphatic rings. The first-order chi connectivity index (χ1) is 11.6. The fourth-order valence-corrected chi connectivity index (χ4v) is 6.07. The fourth-order valence-electron chi connectivity index (χ4n) is 4.17. The molecule has 2 bridgehead atoms. The second kappa shape index (κ2) is 6.13. The first kappa shape index (κ1) is 16.1. The summed E-state index contributed by atoms with van der Waals surface area (Å²) in [6.45, 7) is 2.33. The Morgan fingerprint density at radius 2 is 1.79 bits per heavy atom. The van der Waals surface area contributed by atoms with Crippen molar-refractivity contribution >= 4 is 21.6 Å². The Morgan fingerprint density at radius 3 is 2.50 bits per heavy atom. The van der Waals surface area contributed by atoms with Crippen molar-refractivity contribution in [2.24, 2.45) is 0 Å². The van der Waals surface area contributed by atoms with Crippen molar-refractivity contribution < 1.29 is 13.2 Å². The first-order valence-electron chi connectivity index (χ1n) is 8.72. The van der Waals surface area contributed by atoms with Crippen molar-refractivity contribution in [3.63, 3.8) is 0 Å². The monoisotopic (exact) mass is 349 g/mol. The van der Waals surface area contributed by atoms with E-state index in [2.05, 4.69) is 5.32 Å². The van der Waals surface area contributed by atoms with Crippen LogP contribution in [0.15, 0.2) is 29.2 Å². The minimum atomic E-state index is -3.49. The molecule has 3 aliphatic heterocycles. The molecular formula is C17H23N3O3S. The minimum Gasteiger partial charge on any atom is -0.315 e. The number of fused-ring (bicyclic) bond motifs is 2. The Morgan fingerprint density at radius 1 is 1.04 bits per heavy atom. The lowest BCUT2D eigenvalue weighted by Gasteiger charge is -2.27. The van der Waals surface area contributed by atoms with Crippen molar-refractivity contribution in [3.8, 4) is 0 Å². The van der Waals surface area contributed by atoms with Crippen LogP contribution in [0.1, 0.15) is 32.1 Å². The molecule has 24 heavy (non-hydrogen) atoms. The van der Waals surface area contributed by atoms with Gasteiger partial charge in [0.05, 0.1) is 4.90 Å². The molecule has 3 saturated heterocycles.